The number of amides is 2. The normalized spacial score (nSPS) is 16.4. The number of carboxylic acids is 1. The van der Waals surface area contributed by atoms with Gasteiger partial charge in [0.1, 0.15) is 6.61 Å². The van der Waals surface area contributed by atoms with E-state index in [1.807, 2.05) is 4.90 Å². The number of nitrogens with zero attached hydrogens (tertiary/aromatic N) is 1. The van der Waals surface area contributed by atoms with Gasteiger partial charge in [-0.3, -0.25) is 14.5 Å². The van der Waals surface area contributed by atoms with E-state index in [-0.39, 0.29) is 24.5 Å². The molecule has 0 unspecified atom stereocenters. The number of rotatable bonds is 8. The van der Waals surface area contributed by atoms with E-state index in [0.717, 1.165) is 12.8 Å². The van der Waals surface area contributed by atoms with E-state index in [9.17, 15) is 14.4 Å². The van der Waals surface area contributed by atoms with Crippen LogP contribution in [0.1, 0.15) is 19.8 Å². The van der Waals surface area contributed by atoms with Crippen molar-refractivity contribution < 1.29 is 24.2 Å². The van der Waals surface area contributed by atoms with Gasteiger partial charge < -0.3 is 20.5 Å². The van der Waals surface area contributed by atoms with Crippen LogP contribution in [0.2, 0.25) is 0 Å². The van der Waals surface area contributed by atoms with Crippen LogP contribution in [0.5, 0.6) is 0 Å². The Morgan fingerprint density at radius 1 is 1.19 bits per heavy atom. The van der Waals surface area contributed by atoms with Crippen LogP contribution in [0.15, 0.2) is 0 Å². The molecule has 1 saturated heterocycles. The maximum absolute atomic E-state index is 11.7. The fraction of sp³-hybridized carbons (Fsp3) is 0.769. The maximum Gasteiger partial charge on any atom is 0.329 e. The quantitative estimate of drug-likeness (QED) is 0.486. The zero-order chi connectivity index (χ0) is 15.7. The van der Waals surface area contributed by atoms with E-state index in [1.165, 1.54) is 6.92 Å². The number of aliphatic carboxylic acids is 1. The lowest BCUT2D eigenvalue weighted by Gasteiger charge is -2.31. The first-order valence-electron chi connectivity index (χ1n) is 7.04. The topological polar surface area (TPSA) is 108 Å². The molecule has 120 valence electrons. The Balaban J connectivity index is 2.10. The van der Waals surface area contributed by atoms with Gasteiger partial charge in [-0.2, -0.15) is 0 Å². The first kappa shape index (κ1) is 17.4. The minimum Gasteiger partial charge on any atom is -0.480 e. The fourth-order valence-electron chi connectivity index (χ4n) is 2.12. The summed E-state index contributed by atoms with van der Waals surface area (Å²) in [6.07, 6.45) is 1.42. The molecule has 2 amide bonds. The van der Waals surface area contributed by atoms with Crippen molar-refractivity contribution >= 4 is 17.8 Å². The molecule has 1 aliphatic rings. The molecule has 0 aliphatic carbocycles. The SMILES string of the molecule is CC(=O)NCCNC(=O)CN1CCC(OCC(=O)O)CC1. The highest BCUT2D eigenvalue weighted by atomic mass is 16.5. The molecule has 0 saturated carbocycles. The predicted octanol–water partition coefficient (Wildman–Crippen LogP) is -1.20. The zero-order valence-electron chi connectivity index (χ0n) is 12.3. The highest BCUT2D eigenvalue weighted by Crippen LogP contribution is 2.13. The summed E-state index contributed by atoms with van der Waals surface area (Å²) in [6, 6.07) is 0. The summed E-state index contributed by atoms with van der Waals surface area (Å²) >= 11 is 0. The second-order valence-corrected chi connectivity index (χ2v) is 5.01. The van der Waals surface area contributed by atoms with Gasteiger partial charge in [-0.25, -0.2) is 4.79 Å². The molecule has 1 rings (SSSR count). The van der Waals surface area contributed by atoms with Crippen LogP contribution in [0.4, 0.5) is 0 Å². The standard InChI is InChI=1S/C13H23N3O5/c1-10(17)14-4-5-15-12(18)8-16-6-2-11(3-7-16)21-9-13(19)20/h11H,2-9H2,1H3,(H,14,17)(H,15,18)(H,19,20). The van der Waals surface area contributed by atoms with Gasteiger partial charge in [-0.15, -0.1) is 0 Å². The number of ether oxygens (including phenoxy) is 1. The fourth-order valence-corrected chi connectivity index (χ4v) is 2.12. The summed E-state index contributed by atoms with van der Waals surface area (Å²) in [5, 5.41) is 13.9. The van der Waals surface area contributed by atoms with Crippen molar-refractivity contribution in [1.82, 2.24) is 15.5 Å². The Labute approximate surface area is 123 Å². The predicted molar refractivity (Wildman–Crippen MR) is 74.7 cm³/mol. The van der Waals surface area contributed by atoms with Crippen molar-refractivity contribution in [3.8, 4) is 0 Å². The minimum atomic E-state index is -0.962. The Morgan fingerprint density at radius 2 is 1.81 bits per heavy atom. The summed E-state index contributed by atoms with van der Waals surface area (Å²) in [4.78, 5) is 34.7. The van der Waals surface area contributed by atoms with E-state index in [1.54, 1.807) is 0 Å². The van der Waals surface area contributed by atoms with Gasteiger partial charge in [-0.1, -0.05) is 0 Å². The monoisotopic (exact) mass is 301 g/mol. The summed E-state index contributed by atoms with van der Waals surface area (Å²) in [7, 11) is 0. The molecular formula is C13H23N3O5. The average molecular weight is 301 g/mol. The molecule has 0 bridgehead atoms. The van der Waals surface area contributed by atoms with Gasteiger partial charge in [-0.05, 0) is 12.8 Å². The second kappa shape index (κ2) is 9.30. The molecule has 0 aromatic carbocycles. The van der Waals surface area contributed by atoms with Crippen LogP contribution in [-0.4, -0.2) is 73.2 Å². The second-order valence-electron chi connectivity index (χ2n) is 5.01. The summed E-state index contributed by atoms with van der Waals surface area (Å²) < 4.78 is 5.23. The maximum atomic E-state index is 11.7. The number of likely N-dealkylation sites (tertiary alicyclic amines) is 1. The molecule has 0 aromatic rings. The summed E-state index contributed by atoms with van der Waals surface area (Å²) in [6.45, 7) is 3.73. The third-order valence-corrected chi connectivity index (χ3v) is 3.17. The molecule has 1 heterocycles. The van der Waals surface area contributed by atoms with E-state index in [0.29, 0.717) is 32.7 Å². The minimum absolute atomic E-state index is 0.0415. The van der Waals surface area contributed by atoms with Crippen molar-refractivity contribution in [2.24, 2.45) is 0 Å². The van der Waals surface area contributed by atoms with Crippen LogP contribution in [0, 0.1) is 0 Å². The van der Waals surface area contributed by atoms with Gasteiger partial charge in [0, 0.05) is 33.1 Å². The molecular weight excluding hydrogens is 278 g/mol. The van der Waals surface area contributed by atoms with Crippen molar-refractivity contribution in [1.29, 1.82) is 0 Å². The Bertz CT molecular complexity index is 367. The molecule has 8 nitrogen and oxygen atoms in total. The molecule has 0 aromatic heterocycles. The lowest BCUT2D eigenvalue weighted by Crippen LogP contribution is -2.44. The molecule has 0 spiro atoms. The number of piperidine rings is 1. The Kier molecular flexibility index (Phi) is 7.70. The van der Waals surface area contributed by atoms with Crippen molar-refractivity contribution in [3.05, 3.63) is 0 Å². The lowest BCUT2D eigenvalue weighted by atomic mass is 10.1. The number of hydrogen-bond acceptors (Lipinski definition) is 5. The van der Waals surface area contributed by atoms with Crippen LogP contribution in [-0.2, 0) is 19.1 Å². The van der Waals surface area contributed by atoms with Gasteiger partial charge in [0.2, 0.25) is 11.8 Å². The summed E-state index contributed by atoms with van der Waals surface area (Å²) in [5.74, 6) is -1.16. The van der Waals surface area contributed by atoms with Gasteiger partial charge in [0.15, 0.2) is 0 Å². The van der Waals surface area contributed by atoms with Crippen LogP contribution in [0.3, 0.4) is 0 Å². The molecule has 8 heteroatoms. The molecule has 0 atom stereocenters. The average Bonchev–Trinajstić information content (AvgIpc) is 2.42. The first-order valence-corrected chi connectivity index (χ1v) is 7.04. The summed E-state index contributed by atoms with van der Waals surface area (Å²) in [5.41, 5.74) is 0. The largest absolute Gasteiger partial charge is 0.480 e. The Hall–Kier alpha value is -1.67. The molecule has 1 fully saturated rings. The third-order valence-electron chi connectivity index (χ3n) is 3.17. The van der Waals surface area contributed by atoms with Gasteiger partial charge in [0.05, 0.1) is 12.6 Å². The van der Waals surface area contributed by atoms with E-state index in [2.05, 4.69) is 10.6 Å². The van der Waals surface area contributed by atoms with Crippen LogP contribution < -0.4 is 10.6 Å². The van der Waals surface area contributed by atoms with Crippen molar-refractivity contribution in [2.75, 3.05) is 39.3 Å². The molecule has 0 radical (unpaired) electrons. The Morgan fingerprint density at radius 3 is 2.38 bits per heavy atom. The molecule has 3 N–H and O–H groups in total. The van der Waals surface area contributed by atoms with Gasteiger partial charge >= 0.3 is 5.97 Å². The zero-order valence-corrected chi connectivity index (χ0v) is 12.3. The number of carbonyl (C=O) groups is 3. The van der Waals surface area contributed by atoms with E-state index < -0.39 is 5.97 Å². The van der Waals surface area contributed by atoms with Crippen molar-refractivity contribution in [2.45, 2.75) is 25.9 Å². The highest BCUT2D eigenvalue weighted by molar-refractivity contribution is 5.78. The first-order chi connectivity index (χ1) is 9.97. The number of carboxylic acid groups (broad SMARTS) is 1. The van der Waals surface area contributed by atoms with Gasteiger partial charge in [0.25, 0.3) is 0 Å². The number of hydrogen-bond donors (Lipinski definition) is 3. The number of nitrogens with one attached hydrogen (secondary N) is 2. The van der Waals surface area contributed by atoms with E-state index in [4.69, 9.17) is 9.84 Å². The number of carbonyl (C=O) groups excluding carboxylic acids is 2. The lowest BCUT2D eigenvalue weighted by molar-refractivity contribution is -0.145. The molecule has 21 heavy (non-hydrogen) atoms. The third kappa shape index (κ3) is 8.26. The molecule has 1 aliphatic heterocycles. The van der Waals surface area contributed by atoms with E-state index >= 15 is 0 Å². The van der Waals surface area contributed by atoms with Crippen LogP contribution >= 0.6 is 0 Å². The smallest absolute Gasteiger partial charge is 0.329 e. The van der Waals surface area contributed by atoms with Crippen LogP contribution in [0.25, 0.3) is 0 Å². The van der Waals surface area contributed by atoms with Crippen molar-refractivity contribution in [3.63, 3.8) is 0 Å². The highest BCUT2D eigenvalue weighted by Gasteiger charge is 2.21.